The fraction of sp³-hybridized carbons (Fsp3) is 0.500. The molecule has 0 amide bonds. The number of hydrogen-bond donors (Lipinski definition) is 2. The lowest BCUT2D eigenvalue weighted by atomic mass is 9.90. The van der Waals surface area contributed by atoms with Gasteiger partial charge >= 0.3 is 0 Å². The number of nitrogens with one attached hydrogen (secondary N) is 1. The Bertz CT molecular complexity index is 585. The van der Waals surface area contributed by atoms with Crippen molar-refractivity contribution in [2.24, 2.45) is 0 Å². The average molecular weight is 302 g/mol. The van der Waals surface area contributed by atoms with Crippen molar-refractivity contribution >= 4 is 0 Å². The van der Waals surface area contributed by atoms with Crippen LogP contribution in [0, 0.1) is 0 Å². The normalized spacial score (nSPS) is 22.6. The minimum absolute atomic E-state index is 0.607. The van der Waals surface area contributed by atoms with Crippen molar-refractivity contribution in [3.8, 4) is 5.75 Å². The summed E-state index contributed by atoms with van der Waals surface area (Å²) in [6.45, 7) is 2.54. The zero-order valence-electron chi connectivity index (χ0n) is 12.8. The van der Waals surface area contributed by atoms with Crippen LogP contribution in [0.1, 0.15) is 24.1 Å². The third-order valence-electron chi connectivity index (χ3n) is 4.32. The van der Waals surface area contributed by atoms with Crippen LogP contribution in [-0.4, -0.2) is 52.2 Å². The van der Waals surface area contributed by atoms with Crippen LogP contribution in [0.2, 0.25) is 0 Å². The van der Waals surface area contributed by atoms with Crippen LogP contribution in [0.5, 0.6) is 5.75 Å². The van der Waals surface area contributed by atoms with Crippen molar-refractivity contribution < 1.29 is 9.84 Å². The first kappa shape index (κ1) is 15.0. The average Bonchev–Trinajstić information content (AvgIpc) is 3.09. The number of nitrogens with zero attached hydrogens (tertiary/aromatic N) is 3. The molecule has 1 aromatic carbocycles. The van der Waals surface area contributed by atoms with Gasteiger partial charge in [0.05, 0.1) is 13.3 Å². The minimum Gasteiger partial charge on any atom is -0.497 e. The molecule has 2 N–H and O–H groups in total. The molecule has 0 saturated carbocycles. The van der Waals surface area contributed by atoms with E-state index in [1.54, 1.807) is 13.3 Å². The molecule has 22 heavy (non-hydrogen) atoms. The zero-order chi connectivity index (χ0) is 15.4. The Labute approximate surface area is 130 Å². The molecule has 2 aromatic rings. The smallest absolute Gasteiger partial charge is 0.123 e. The maximum absolute atomic E-state index is 10.8. The highest BCUT2D eigenvalue weighted by Crippen LogP contribution is 2.29. The van der Waals surface area contributed by atoms with Crippen LogP contribution in [-0.2, 0) is 12.0 Å². The highest BCUT2D eigenvalue weighted by molar-refractivity contribution is 5.27. The summed E-state index contributed by atoms with van der Waals surface area (Å²) in [6, 6.07) is 8.15. The second-order valence-corrected chi connectivity index (χ2v) is 5.86. The van der Waals surface area contributed by atoms with E-state index in [2.05, 4.69) is 32.4 Å². The SMILES string of the molecule is COc1ccc(CCN2CCC[C@](O)(c3cn[nH]n3)C2)cc1. The standard InChI is InChI=1S/C16H22N4O2/c1-22-14-5-3-13(4-6-14)7-10-20-9-2-8-16(21,12-20)15-11-17-19-18-15/h3-6,11,21H,2,7-10,12H2,1H3,(H,17,18,19)/t16-/m1/s1. The largest absolute Gasteiger partial charge is 0.497 e. The van der Waals surface area contributed by atoms with E-state index >= 15 is 0 Å². The summed E-state index contributed by atoms with van der Waals surface area (Å²) >= 11 is 0. The second kappa shape index (κ2) is 6.46. The summed E-state index contributed by atoms with van der Waals surface area (Å²) in [5.41, 5.74) is 1.03. The molecule has 0 aliphatic carbocycles. The predicted molar refractivity (Wildman–Crippen MR) is 82.7 cm³/mol. The molecular formula is C16H22N4O2. The Kier molecular flexibility index (Phi) is 4.40. The van der Waals surface area contributed by atoms with Gasteiger partial charge in [0.25, 0.3) is 0 Å². The van der Waals surface area contributed by atoms with Gasteiger partial charge in [0, 0.05) is 13.1 Å². The Morgan fingerprint density at radius 1 is 1.36 bits per heavy atom. The molecule has 1 aliphatic rings. The molecule has 6 nitrogen and oxygen atoms in total. The third kappa shape index (κ3) is 3.28. The fourth-order valence-corrected chi connectivity index (χ4v) is 3.03. The number of ether oxygens (including phenoxy) is 1. The van der Waals surface area contributed by atoms with Gasteiger partial charge in [-0.15, -0.1) is 0 Å². The van der Waals surface area contributed by atoms with E-state index in [9.17, 15) is 5.11 Å². The van der Waals surface area contributed by atoms with E-state index in [1.807, 2.05) is 12.1 Å². The lowest BCUT2D eigenvalue weighted by Gasteiger charge is -2.38. The summed E-state index contributed by atoms with van der Waals surface area (Å²) in [7, 11) is 1.67. The number of methoxy groups -OCH3 is 1. The Hall–Kier alpha value is -1.92. The molecule has 1 fully saturated rings. The summed E-state index contributed by atoms with van der Waals surface area (Å²) in [5, 5.41) is 21.2. The Balaban J connectivity index is 1.58. The molecule has 1 aliphatic heterocycles. The number of benzene rings is 1. The summed E-state index contributed by atoms with van der Waals surface area (Å²) in [5.74, 6) is 0.877. The van der Waals surface area contributed by atoms with Crippen LogP contribution in [0.25, 0.3) is 0 Å². The molecule has 1 saturated heterocycles. The summed E-state index contributed by atoms with van der Waals surface area (Å²) in [6.07, 6.45) is 4.27. The number of likely N-dealkylation sites (tertiary alicyclic amines) is 1. The van der Waals surface area contributed by atoms with Gasteiger partial charge in [0.15, 0.2) is 0 Å². The number of rotatable bonds is 5. The second-order valence-electron chi connectivity index (χ2n) is 5.86. The van der Waals surface area contributed by atoms with Crippen molar-refractivity contribution in [1.82, 2.24) is 20.3 Å². The van der Waals surface area contributed by atoms with Crippen molar-refractivity contribution in [3.63, 3.8) is 0 Å². The number of aromatic amines is 1. The van der Waals surface area contributed by atoms with E-state index in [0.29, 0.717) is 12.2 Å². The number of β-amino-alcohol motifs (C(OH)–C–C–N with tert-alkyl or cyclic N) is 1. The first-order valence-electron chi connectivity index (χ1n) is 7.63. The number of aliphatic hydroxyl groups is 1. The molecule has 2 heterocycles. The molecule has 118 valence electrons. The molecule has 0 unspecified atom stereocenters. The van der Waals surface area contributed by atoms with E-state index in [-0.39, 0.29) is 0 Å². The fourth-order valence-electron chi connectivity index (χ4n) is 3.03. The van der Waals surface area contributed by atoms with Gasteiger partial charge in [0.1, 0.15) is 17.0 Å². The van der Waals surface area contributed by atoms with Gasteiger partial charge in [-0.1, -0.05) is 12.1 Å². The molecule has 3 rings (SSSR count). The van der Waals surface area contributed by atoms with Crippen LogP contribution in [0.3, 0.4) is 0 Å². The maximum atomic E-state index is 10.8. The van der Waals surface area contributed by atoms with Gasteiger partial charge in [-0.25, -0.2) is 0 Å². The molecule has 0 radical (unpaired) electrons. The molecule has 1 aromatic heterocycles. The number of piperidine rings is 1. The van der Waals surface area contributed by atoms with Gasteiger partial charge in [-0.2, -0.15) is 15.4 Å². The molecule has 1 atom stereocenters. The van der Waals surface area contributed by atoms with E-state index < -0.39 is 5.60 Å². The number of H-pyrrole nitrogens is 1. The van der Waals surface area contributed by atoms with Gasteiger partial charge in [-0.05, 0) is 43.5 Å². The highest BCUT2D eigenvalue weighted by Gasteiger charge is 2.36. The lowest BCUT2D eigenvalue weighted by Crippen LogP contribution is -2.46. The van der Waals surface area contributed by atoms with Crippen LogP contribution in [0.4, 0.5) is 0 Å². The Morgan fingerprint density at radius 2 is 2.18 bits per heavy atom. The third-order valence-corrected chi connectivity index (χ3v) is 4.32. The number of aromatic nitrogens is 3. The topological polar surface area (TPSA) is 74.3 Å². The molecule has 0 spiro atoms. The van der Waals surface area contributed by atoms with Gasteiger partial charge < -0.3 is 9.84 Å². The predicted octanol–water partition coefficient (Wildman–Crippen LogP) is 1.34. The summed E-state index contributed by atoms with van der Waals surface area (Å²) < 4.78 is 5.17. The minimum atomic E-state index is -0.884. The van der Waals surface area contributed by atoms with Crippen molar-refractivity contribution in [3.05, 3.63) is 41.7 Å². The maximum Gasteiger partial charge on any atom is 0.123 e. The first-order valence-corrected chi connectivity index (χ1v) is 7.63. The van der Waals surface area contributed by atoms with Crippen LogP contribution < -0.4 is 4.74 Å². The van der Waals surface area contributed by atoms with Crippen molar-refractivity contribution in [2.45, 2.75) is 24.9 Å². The quantitative estimate of drug-likeness (QED) is 0.872. The highest BCUT2D eigenvalue weighted by atomic mass is 16.5. The molecule has 0 bridgehead atoms. The summed E-state index contributed by atoms with van der Waals surface area (Å²) in [4.78, 5) is 2.29. The van der Waals surface area contributed by atoms with Crippen LogP contribution >= 0.6 is 0 Å². The van der Waals surface area contributed by atoms with E-state index in [0.717, 1.165) is 38.1 Å². The molecular weight excluding hydrogens is 280 g/mol. The number of hydrogen-bond acceptors (Lipinski definition) is 5. The van der Waals surface area contributed by atoms with Gasteiger partial charge in [0.2, 0.25) is 0 Å². The van der Waals surface area contributed by atoms with Crippen molar-refractivity contribution in [1.29, 1.82) is 0 Å². The van der Waals surface area contributed by atoms with Gasteiger partial charge in [-0.3, -0.25) is 4.90 Å². The Morgan fingerprint density at radius 3 is 2.86 bits per heavy atom. The first-order chi connectivity index (χ1) is 10.7. The van der Waals surface area contributed by atoms with Crippen molar-refractivity contribution in [2.75, 3.05) is 26.7 Å². The van der Waals surface area contributed by atoms with E-state index in [4.69, 9.17) is 4.74 Å². The lowest BCUT2D eigenvalue weighted by molar-refractivity contribution is -0.0385. The zero-order valence-corrected chi connectivity index (χ0v) is 12.8. The molecule has 6 heteroatoms. The monoisotopic (exact) mass is 302 g/mol. The van der Waals surface area contributed by atoms with Crippen LogP contribution in [0.15, 0.2) is 30.5 Å². The van der Waals surface area contributed by atoms with E-state index in [1.165, 1.54) is 5.56 Å².